The van der Waals surface area contributed by atoms with Crippen molar-refractivity contribution in [1.29, 1.82) is 0 Å². The Morgan fingerprint density at radius 1 is 1.10 bits per heavy atom. The Balaban J connectivity index is 1.52. The summed E-state index contributed by atoms with van der Waals surface area (Å²) in [6.07, 6.45) is 1.24. The number of hydrogen-bond donors (Lipinski definition) is 1. The monoisotopic (exact) mass is 448 g/mol. The van der Waals surface area contributed by atoms with E-state index in [1.165, 1.54) is 0 Å². The zero-order chi connectivity index (χ0) is 21.7. The highest BCUT2D eigenvalue weighted by atomic mass is 35.5. The van der Waals surface area contributed by atoms with E-state index in [1.54, 1.807) is 47.4 Å². The second-order valence-corrected chi connectivity index (χ2v) is 8.76. The number of carbonyl (C=O) groups is 2. The van der Waals surface area contributed by atoms with E-state index in [-0.39, 0.29) is 17.7 Å². The summed E-state index contributed by atoms with van der Waals surface area (Å²) < 4.78 is 5.66. The smallest absolute Gasteiger partial charge is 0.253 e. The zero-order valence-electron chi connectivity index (χ0n) is 17.2. The number of nitrogens with one attached hydrogen (secondary N) is 1. The molecule has 1 saturated heterocycles. The molecule has 2 amide bonds. The number of benzene rings is 2. The highest BCUT2D eigenvalue weighted by molar-refractivity contribution is 6.32. The molecule has 1 heterocycles. The van der Waals surface area contributed by atoms with Crippen molar-refractivity contribution in [1.82, 2.24) is 4.90 Å². The summed E-state index contributed by atoms with van der Waals surface area (Å²) in [7, 11) is 0. The van der Waals surface area contributed by atoms with E-state index in [4.69, 9.17) is 27.9 Å². The Morgan fingerprint density at radius 2 is 1.77 bits per heavy atom. The van der Waals surface area contributed by atoms with Gasteiger partial charge in [0.25, 0.3) is 5.91 Å². The standard InChI is InChI=1S/C23H26Cl2N2O3/c1-15(2)14-30-21-8-7-19(13-20(21)25)26-22(28)16-9-11-27(12-10-16)23(29)17-3-5-18(24)6-4-17/h3-8,13,15-16H,9-12,14H2,1-2H3,(H,26,28). The van der Waals surface area contributed by atoms with Crippen molar-refractivity contribution in [2.24, 2.45) is 11.8 Å². The molecule has 2 aromatic rings. The molecule has 0 saturated carbocycles. The molecule has 1 aliphatic heterocycles. The number of amides is 2. The topological polar surface area (TPSA) is 58.6 Å². The predicted octanol–water partition coefficient (Wildman–Crippen LogP) is 5.52. The van der Waals surface area contributed by atoms with Gasteiger partial charge >= 0.3 is 0 Å². The van der Waals surface area contributed by atoms with Gasteiger partial charge in [0.05, 0.1) is 11.6 Å². The maximum absolute atomic E-state index is 12.7. The number of rotatable bonds is 6. The summed E-state index contributed by atoms with van der Waals surface area (Å²) in [5, 5.41) is 4.00. The number of piperidine rings is 1. The van der Waals surface area contributed by atoms with Crippen molar-refractivity contribution in [3.05, 3.63) is 58.1 Å². The van der Waals surface area contributed by atoms with Gasteiger partial charge < -0.3 is 15.0 Å². The summed E-state index contributed by atoms with van der Waals surface area (Å²) in [6.45, 7) is 5.80. The van der Waals surface area contributed by atoms with E-state index >= 15 is 0 Å². The number of ether oxygens (including phenoxy) is 1. The number of anilines is 1. The summed E-state index contributed by atoms with van der Waals surface area (Å²) in [6, 6.07) is 12.1. The summed E-state index contributed by atoms with van der Waals surface area (Å²) in [5.41, 5.74) is 1.25. The maximum Gasteiger partial charge on any atom is 0.253 e. The first-order valence-corrected chi connectivity index (χ1v) is 10.9. The van der Waals surface area contributed by atoms with Gasteiger partial charge in [0.1, 0.15) is 5.75 Å². The first kappa shape index (κ1) is 22.4. The third-order valence-corrected chi connectivity index (χ3v) is 5.56. The molecule has 0 bridgehead atoms. The Morgan fingerprint density at radius 3 is 2.37 bits per heavy atom. The van der Waals surface area contributed by atoms with E-state index < -0.39 is 0 Å². The second-order valence-electron chi connectivity index (χ2n) is 7.91. The SMILES string of the molecule is CC(C)COc1ccc(NC(=O)C2CCN(C(=O)c3ccc(Cl)cc3)CC2)cc1Cl. The molecule has 1 fully saturated rings. The van der Waals surface area contributed by atoms with Crippen molar-refractivity contribution in [3.8, 4) is 5.75 Å². The molecule has 30 heavy (non-hydrogen) atoms. The molecule has 5 nitrogen and oxygen atoms in total. The average Bonchev–Trinajstić information content (AvgIpc) is 2.73. The normalized spacial score (nSPS) is 14.6. The predicted molar refractivity (Wildman–Crippen MR) is 120 cm³/mol. The van der Waals surface area contributed by atoms with Crippen LogP contribution in [0.15, 0.2) is 42.5 Å². The van der Waals surface area contributed by atoms with E-state index in [9.17, 15) is 9.59 Å². The van der Waals surface area contributed by atoms with Gasteiger partial charge in [0, 0.05) is 35.3 Å². The number of likely N-dealkylation sites (tertiary alicyclic amines) is 1. The van der Waals surface area contributed by atoms with E-state index in [2.05, 4.69) is 19.2 Å². The lowest BCUT2D eigenvalue weighted by atomic mass is 9.95. The van der Waals surface area contributed by atoms with Gasteiger partial charge in [-0.1, -0.05) is 37.0 Å². The average molecular weight is 449 g/mol. The van der Waals surface area contributed by atoms with Crippen molar-refractivity contribution in [2.75, 3.05) is 25.0 Å². The minimum Gasteiger partial charge on any atom is -0.492 e. The number of hydrogen-bond acceptors (Lipinski definition) is 3. The van der Waals surface area contributed by atoms with E-state index in [0.29, 0.717) is 65.5 Å². The molecular formula is C23H26Cl2N2O3. The first-order valence-electron chi connectivity index (χ1n) is 10.1. The van der Waals surface area contributed by atoms with Gasteiger partial charge in [0.2, 0.25) is 5.91 Å². The summed E-state index contributed by atoms with van der Waals surface area (Å²) >= 11 is 12.2. The molecule has 0 atom stereocenters. The summed E-state index contributed by atoms with van der Waals surface area (Å²) in [5.74, 6) is 0.778. The van der Waals surface area contributed by atoms with Gasteiger partial charge in [-0.05, 0) is 61.2 Å². The lowest BCUT2D eigenvalue weighted by Crippen LogP contribution is -2.41. The van der Waals surface area contributed by atoms with Crippen LogP contribution in [0, 0.1) is 11.8 Å². The molecule has 1 N–H and O–H groups in total. The van der Waals surface area contributed by atoms with Crippen LogP contribution in [-0.2, 0) is 4.79 Å². The fourth-order valence-electron chi connectivity index (χ4n) is 3.32. The number of halogens is 2. The van der Waals surface area contributed by atoms with E-state index in [1.807, 2.05) is 0 Å². The largest absolute Gasteiger partial charge is 0.492 e. The van der Waals surface area contributed by atoms with Crippen LogP contribution in [0.25, 0.3) is 0 Å². The molecule has 1 aliphatic rings. The molecule has 0 aromatic heterocycles. The highest BCUT2D eigenvalue weighted by Crippen LogP contribution is 2.29. The fourth-order valence-corrected chi connectivity index (χ4v) is 3.68. The second kappa shape index (κ2) is 10.2. The number of carbonyl (C=O) groups excluding carboxylic acids is 2. The quantitative estimate of drug-likeness (QED) is 0.632. The van der Waals surface area contributed by atoms with Gasteiger partial charge in [-0.2, -0.15) is 0 Å². The van der Waals surface area contributed by atoms with Crippen LogP contribution < -0.4 is 10.1 Å². The van der Waals surface area contributed by atoms with E-state index in [0.717, 1.165) is 0 Å². The van der Waals surface area contributed by atoms with Crippen molar-refractivity contribution < 1.29 is 14.3 Å². The molecule has 2 aromatic carbocycles. The molecule has 7 heteroatoms. The third-order valence-electron chi connectivity index (χ3n) is 5.02. The molecule has 0 aliphatic carbocycles. The highest BCUT2D eigenvalue weighted by Gasteiger charge is 2.28. The molecule has 160 valence electrons. The van der Waals surface area contributed by atoms with Crippen LogP contribution in [0.5, 0.6) is 5.75 Å². The molecule has 0 radical (unpaired) electrons. The van der Waals surface area contributed by atoms with Crippen molar-refractivity contribution in [2.45, 2.75) is 26.7 Å². The number of nitrogens with zero attached hydrogens (tertiary/aromatic N) is 1. The van der Waals surface area contributed by atoms with Crippen LogP contribution in [0.1, 0.15) is 37.0 Å². The van der Waals surface area contributed by atoms with Crippen LogP contribution in [0.2, 0.25) is 10.0 Å². The summed E-state index contributed by atoms with van der Waals surface area (Å²) in [4.78, 5) is 27.0. The Labute approximate surface area is 187 Å². The Hall–Kier alpha value is -2.24. The van der Waals surface area contributed by atoms with Crippen LogP contribution >= 0.6 is 23.2 Å². The molecular weight excluding hydrogens is 423 g/mol. The van der Waals surface area contributed by atoms with Crippen molar-refractivity contribution in [3.63, 3.8) is 0 Å². The molecule has 0 spiro atoms. The third kappa shape index (κ3) is 5.89. The molecule has 0 unspecified atom stereocenters. The first-order chi connectivity index (χ1) is 14.3. The lowest BCUT2D eigenvalue weighted by Gasteiger charge is -2.31. The minimum absolute atomic E-state index is 0.0331. The Kier molecular flexibility index (Phi) is 7.62. The van der Waals surface area contributed by atoms with Crippen LogP contribution in [-0.4, -0.2) is 36.4 Å². The van der Waals surface area contributed by atoms with Crippen LogP contribution in [0.3, 0.4) is 0 Å². The Bertz CT molecular complexity index is 892. The van der Waals surface area contributed by atoms with Crippen LogP contribution in [0.4, 0.5) is 5.69 Å². The van der Waals surface area contributed by atoms with Gasteiger partial charge in [-0.3, -0.25) is 9.59 Å². The van der Waals surface area contributed by atoms with Gasteiger partial charge in [0.15, 0.2) is 0 Å². The van der Waals surface area contributed by atoms with Gasteiger partial charge in [-0.15, -0.1) is 0 Å². The van der Waals surface area contributed by atoms with Gasteiger partial charge in [-0.25, -0.2) is 0 Å². The maximum atomic E-state index is 12.7. The molecule has 3 rings (SSSR count). The minimum atomic E-state index is -0.144. The lowest BCUT2D eigenvalue weighted by molar-refractivity contribution is -0.121. The zero-order valence-corrected chi connectivity index (χ0v) is 18.7. The van der Waals surface area contributed by atoms with Crippen molar-refractivity contribution >= 4 is 40.7 Å². The fraction of sp³-hybridized carbons (Fsp3) is 0.391.